The highest BCUT2D eigenvalue weighted by atomic mass is 127. The van der Waals surface area contributed by atoms with E-state index in [1.807, 2.05) is 15.7 Å². The molecule has 2 radical (unpaired) electrons. The number of aromatic nitrogens is 2. The third kappa shape index (κ3) is 1.29. The Kier molecular flexibility index (Phi) is 2.16. The summed E-state index contributed by atoms with van der Waals surface area (Å²) >= 11 is 2.29. The van der Waals surface area contributed by atoms with Gasteiger partial charge in [-0.05, 0) is 29.5 Å². The Balaban J connectivity index is 2.36. The molecule has 2 rings (SSSR count). The predicted octanol–water partition coefficient (Wildman–Crippen LogP) is 0.775. The van der Waals surface area contributed by atoms with Gasteiger partial charge in [0, 0.05) is 12.6 Å². The van der Waals surface area contributed by atoms with E-state index in [4.69, 9.17) is 7.98 Å². The second kappa shape index (κ2) is 3.03. The van der Waals surface area contributed by atoms with Crippen LogP contribution in [0.15, 0.2) is 6.20 Å². The van der Waals surface area contributed by atoms with E-state index in [1.165, 1.54) is 9.26 Å². The molecule has 0 fully saturated rings. The topological polar surface area (TPSA) is 21.1 Å². The lowest BCUT2D eigenvalue weighted by atomic mass is 10.1. The van der Waals surface area contributed by atoms with Crippen LogP contribution in [0, 0.1) is 3.57 Å². The molecule has 1 aliphatic heterocycles. The van der Waals surface area contributed by atoms with Gasteiger partial charge in [-0.3, -0.25) is 4.68 Å². The molecule has 0 bridgehead atoms. The fourth-order valence-corrected chi connectivity index (χ4v) is 1.96. The van der Waals surface area contributed by atoms with Crippen LogP contribution < -0.4 is 0 Å². The molecule has 0 spiro atoms. The number of fused-ring (bicyclic) bond motifs is 1. The number of halogens is 1. The van der Waals surface area contributed by atoms with Crippen LogP contribution in [0.25, 0.3) is 0 Å². The van der Waals surface area contributed by atoms with Crippen molar-refractivity contribution in [1.29, 1.82) is 0 Å². The van der Waals surface area contributed by atoms with Gasteiger partial charge in [-0.1, -0.05) is 0 Å². The van der Waals surface area contributed by atoms with Crippen molar-refractivity contribution in [2.75, 3.05) is 0 Å². The van der Waals surface area contributed by atoms with Crippen LogP contribution in [-0.2, 0) is 13.1 Å². The second-order valence-electron chi connectivity index (χ2n) is 3.14. The van der Waals surface area contributed by atoms with E-state index in [-0.39, 0.29) is 0 Å². The van der Waals surface area contributed by atoms with Crippen molar-refractivity contribution < 1.29 is 0 Å². The standard InChI is InChI=1S/C7H9BIN3/c1-5-3-12-7(4-11(5)8)6(9)2-10-12/h2,5H,3-4H2,1H3/t5-/m0/s1. The van der Waals surface area contributed by atoms with E-state index >= 15 is 0 Å². The first kappa shape index (κ1) is 8.56. The maximum atomic E-state index is 5.81. The van der Waals surface area contributed by atoms with Gasteiger partial charge in [0.25, 0.3) is 0 Å². The van der Waals surface area contributed by atoms with Crippen LogP contribution >= 0.6 is 22.6 Å². The Labute approximate surface area is 86.7 Å². The van der Waals surface area contributed by atoms with Gasteiger partial charge in [0.2, 0.25) is 0 Å². The summed E-state index contributed by atoms with van der Waals surface area (Å²) in [6, 6.07) is 0.383. The lowest BCUT2D eigenvalue weighted by molar-refractivity contribution is 0.258. The average Bonchev–Trinajstić information content (AvgIpc) is 2.35. The molecule has 0 saturated heterocycles. The van der Waals surface area contributed by atoms with Gasteiger partial charge >= 0.3 is 0 Å². The average molecular weight is 273 g/mol. The molecular formula is C7H9BIN3. The third-order valence-electron chi connectivity index (χ3n) is 2.23. The zero-order valence-corrected chi connectivity index (χ0v) is 9.02. The van der Waals surface area contributed by atoms with Gasteiger partial charge in [0.05, 0.1) is 22.0 Å². The molecule has 0 saturated carbocycles. The molecule has 2 heterocycles. The predicted molar refractivity (Wildman–Crippen MR) is 55.7 cm³/mol. The number of nitrogens with zero attached hydrogens (tertiary/aromatic N) is 3. The number of hydrogen-bond donors (Lipinski definition) is 0. The molecule has 1 aromatic rings. The van der Waals surface area contributed by atoms with Crippen LogP contribution in [0.2, 0.25) is 0 Å². The maximum Gasteiger partial charge on any atom is 0.183 e. The molecule has 1 atom stereocenters. The van der Waals surface area contributed by atoms with Gasteiger partial charge in [0.1, 0.15) is 0 Å². The summed E-state index contributed by atoms with van der Waals surface area (Å²) < 4.78 is 3.24. The van der Waals surface area contributed by atoms with E-state index in [0.717, 1.165) is 13.1 Å². The number of rotatable bonds is 0. The van der Waals surface area contributed by atoms with Crippen LogP contribution in [0.1, 0.15) is 12.6 Å². The molecule has 0 aliphatic carbocycles. The van der Waals surface area contributed by atoms with Crippen molar-refractivity contribution in [2.45, 2.75) is 26.1 Å². The summed E-state index contributed by atoms with van der Waals surface area (Å²) in [6.45, 7) is 3.81. The van der Waals surface area contributed by atoms with Gasteiger partial charge in [0.15, 0.2) is 7.98 Å². The summed E-state index contributed by atoms with van der Waals surface area (Å²) in [7, 11) is 5.81. The fourth-order valence-electron chi connectivity index (χ4n) is 1.39. The Morgan fingerprint density at radius 3 is 3.25 bits per heavy atom. The summed E-state index contributed by atoms with van der Waals surface area (Å²) in [4.78, 5) is 1.86. The van der Waals surface area contributed by atoms with Crippen molar-refractivity contribution in [3.63, 3.8) is 0 Å². The molecule has 5 heteroatoms. The SMILES string of the molecule is [B]N1Cc2c(I)cnn2C[C@@H]1C. The first-order valence-corrected chi connectivity index (χ1v) is 4.98. The van der Waals surface area contributed by atoms with Crippen molar-refractivity contribution in [2.24, 2.45) is 0 Å². The molecule has 62 valence electrons. The van der Waals surface area contributed by atoms with E-state index in [0.29, 0.717) is 6.04 Å². The van der Waals surface area contributed by atoms with Crippen molar-refractivity contribution >= 4 is 30.6 Å². The molecule has 1 aliphatic rings. The number of hydrogen-bond acceptors (Lipinski definition) is 2. The Morgan fingerprint density at radius 1 is 1.75 bits per heavy atom. The summed E-state index contributed by atoms with van der Waals surface area (Å²) in [5.74, 6) is 0. The molecule has 1 aromatic heterocycles. The zero-order valence-electron chi connectivity index (χ0n) is 6.87. The molecule has 0 unspecified atom stereocenters. The third-order valence-corrected chi connectivity index (χ3v) is 3.13. The Hall–Kier alpha value is -0.0351. The Bertz CT molecular complexity index is 299. The van der Waals surface area contributed by atoms with Crippen LogP contribution in [-0.4, -0.2) is 28.6 Å². The van der Waals surface area contributed by atoms with E-state index < -0.39 is 0 Å². The second-order valence-corrected chi connectivity index (χ2v) is 4.30. The highest BCUT2D eigenvalue weighted by Crippen LogP contribution is 2.19. The molecule has 0 amide bonds. The lowest BCUT2D eigenvalue weighted by Gasteiger charge is -2.31. The molecule has 3 nitrogen and oxygen atoms in total. The maximum absolute atomic E-state index is 5.81. The van der Waals surface area contributed by atoms with Gasteiger partial charge < -0.3 is 4.81 Å². The van der Waals surface area contributed by atoms with E-state index in [2.05, 4.69) is 34.6 Å². The van der Waals surface area contributed by atoms with Crippen molar-refractivity contribution in [3.05, 3.63) is 15.5 Å². The van der Waals surface area contributed by atoms with E-state index in [1.54, 1.807) is 0 Å². The highest BCUT2D eigenvalue weighted by molar-refractivity contribution is 14.1. The minimum atomic E-state index is 0.383. The van der Waals surface area contributed by atoms with Crippen LogP contribution in [0.3, 0.4) is 0 Å². The Morgan fingerprint density at radius 2 is 2.50 bits per heavy atom. The summed E-state index contributed by atoms with van der Waals surface area (Å²) in [5, 5.41) is 4.27. The smallest absolute Gasteiger partial charge is 0.183 e. The monoisotopic (exact) mass is 273 g/mol. The largest absolute Gasteiger partial charge is 0.345 e. The normalized spacial score (nSPS) is 24.0. The lowest BCUT2D eigenvalue weighted by Crippen LogP contribution is -2.39. The minimum absolute atomic E-state index is 0.383. The van der Waals surface area contributed by atoms with Crippen molar-refractivity contribution in [3.8, 4) is 0 Å². The molecular weight excluding hydrogens is 264 g/mol. The molecule has 12 heavy (non-hydrogen) atoms. The zero-order chi connectivity index (χ0) is 8.72. The van der Waals surface area contributed by atoms with Crippen LogP contribution in [0.4, 0.5) is 0 Å². The molecule has 0 aromatic carbocycles. The van der Waals surface area contributed by atoms with Gasteiger partial charge in [-0.25, -0.2) is 0 Å². The quantitative estimate of drug-likeness (QED) is 0.514. The minimum Gasteiger partial charge on any atom is -0.345 e. The van der Waals surface area contributed by atoms with Crippen molar-refractivity contribution in [1.82, 2.24) is 14.6 Å². The summed E-state index contributed by atoms with van der Waals surface area (Å²) in [5.41, 5.74) is 1.23. The summed E-state index contributed by atoms with van der Waals surface area (Å²) in [6.07, 6.45) is 1.89. The van der Waals surface area contributed by atoms with Gasteiger partial charge in [-0.2, -0.15) is 5.10 Å². The first-order valence-electron chi connectivity index (χ1n) is 3.90. The van der Waals surface area contributed by atoms with Crippen LogP contribution in [0.5, 0.6) is 0 Å². The fraction of sp³-hybridized carbons (Fsp3) is 0.571. The van der Waals surface area contributed by atoms with Gasteiger partial charge in [-0.15, -0.1) is 0 Å². The van der Waals surface area contributed by atoms with E-state index in [9.17, 15) is 0 Å². The highest BCUT2D eigenvalue weighted by Gasteiger charge is 2.21. The molecule has 0 N–H and O–H groups in total. The first-order chi connectivity index (χ1) is 5.68.